The van der Waals surface area contributed by atoms with Crippen molar-refractivity contribution in [2.75, 3.05) is 13.1 Å². The van der Waals surface area contributed by atoms with Gasteiger partial charge < -0.3 is 4.74 Å². The van der Waals surface area contributed by atoms with Crippen molar-refractivity contribution in [2.45, 2.75) is 74.8 Å². The van der Waals surface area contributed by atoms with Crippen molar-refractivity contribution in [3.05, 3.63) is 0 Å². The molecule has 2 aliphatic carbocycles. The number of hydrogen-bond donors (Lipinski definition) is 1. The van der Waals surface area contributed by atoms with Crippen molar-refractivity contribution in [3.63, 3.8) is 0 Å². The monoisotopic (exact) mass is 261 g/mol. The van der Waals surface area contributed by atoms with Gasteiger partial charge in [-0.1, -0.05) is 0 Å². The molecule has 4 aliphatic rings. The minimum atomic E-state index is -0.233. The lowest BCUT2D eigenvalue weighted by atomic mass is 9.99. The first-order valence-electron chi connectivity index (χ1n) is 7.85. The minimum Gasteiger partial charge on any atom is -0.372 e. The van der Waals surface area contributed by atoms with Crippen molar-refractivity contribution in [1.29, 1.82) is 5.26 Å². The van der Waals surface area contributed by atoms with Crippen molar-refractivity contribution in [1.82, 2.24) is 10.2 Å². The lowest BCUT2D eigenvalue weighted by Gasteiger charge is -2.37. The number of hydrogen-bond acceptors (Lipinski definition) is 4. The molecule has 2 saturated carbocycles. The molecule has 1 N–H and O–H groups in total. The topological polar surface area (TPSA) is 48.3 Å². The second-order valence-electron chi connectivity index (χ2n) is 6.92. The molecule has 0 amide bonds. The summed E-state index contributed by atoms with van der Waals surface area (Å²) >= 11 is 0. The van der Waals surface area contributed by atoms with E-state index < -0.39 is 0 Å². The Balaban J connectivity index is 1.42. The molecule has 2 aliphatic heterocycles. The van der Waals surface area contributed by atoms with Crippen LogP contribution in [0.5, 0.6) is 0 Å². The van der Waals surface area contributed by atoms with Gasteiger partial charge in [0, 0.05) is 25.2 Å². The Morgan fingerprint density at radius 1 is 1.11 bits per heavy atom. The van der Waals surface area contributed by atoms with Gasteiger partial charge in [0.05, 0.1) is 18.3 Å². The normalized spacial score (nSPS) is 46.4. The molecule has 0 radical (unpaired) electrons. The first-order valence-corrected chi connectivity index (χ1v) is 7.85. The zero-order valence-electron chi connectivity index (χ0n) is 11.5. The molecule has 104 valence electrons. The van der Waals surface area contributed by atoms with Crippen LogP contribution in [0.2, 0.25) is 0 Å². The highest BCUT2D eigenvalue weighted by atomic mass is 16.5. The molecular weight excluding hydrogens is 238 g/mol. The first-order chi connectivity index (χ1) is 9.26. The lowest BCUT2D eigenvalue weighted by molar-refractivity contribution is -0.0523. The average Bonchev–Trinajstić information content (AvgIpc) is 3.03. The quantitative estimate of drug-likeness (QED) is 0.834. The molecule has 4 rings (SSSR count). The molecule has 0 spiro atoms. The second kappa shape index (κ2) is 4.44. The number of rotatable bonds is 3. The van der Waals surface area contributed by atoms with E-state index >= 15 is 0 Å². The second-order valence-corrected chi connectivity index (χ2v) is 6.92. The van der Waals surface area contributed by atoms with Crippen LogP contribution in [0.3, 0.4) is 0 Å². The number of nitrogens with zero attached hydrogens (tertiary/aromatic N) is 2. The van der Waals surface area contributed by atoms with Crippen LogP contribution in [0.15, 0.2) is 0 Å². The number of likely N-dealkylation sites (tertiary alicyclic amines) is 1. The summed E-state index contributed by atoms with van der Waals surface area (Å²) in [5.41, 5.74) is -0.233. The van der Waals surface area contributed by atoms with Gasteiger partial charge in [-0.05, 0) is 44.9 Å². The van der Waals surface area contributed by atoms with E-state index in [2.05, 4.69) is 16.3 Å². The van der Waals surface area contributed by atoms with E-state index in [0.717, 1.165) is 25.9 Å². The van der Waals surface area contributed by atoms with Gasteiger partial charge in [0.25, 0.3) is 0 Å². The Bertz CT molecular complexity index is 391. The van der Waals surface area contributed by atoms with Crippen LogP contribution < -0.4 is 5.32 Å². The SMILES string of the molecule is N#CC1(NC2CC2)CCC(N2CC3CCC(C2)O3)C1. The Hall–Kier alpha value is -0.630. The molecule has 0 aromatic rings. The maximum absolute atomic E-state index is 9.57. The third-order valence-electron chi connectivity index (χ3n) is 5.35. The van der Waals surface area contributed by atoms with E-state index in [1.54, 1.807) is 0 Å². The summed E-state index contributed by atoms with van der Waals surface area (Å²) < 4.78 is 5.92. The molecule has 19 heavy (non-hydrogen) atoms. The van der Waals surface area contributed by atoms with Crippen LogP contribution in [0, 0.1) is 11.3 Å². The third-order valence-corrected chi connectivity index (χ3v) is 5.35. The smallest absolute Gasteiger partial charge is 0.108 e. The summed E-state index contributed by atoms with van der Waals surface area (Å²) in [7, 11) is 0. The number of nitrogens with one attached hydrogen (secondary N) is 1. The average molecular weight is 261 g/mol. The van der Waals surface area contributed by atoms with Crippen molar-refractivity contribution in [2.24, 2.45) is 0 Å². The summed E-state index contributed by atoms with van der Waals surface area (Å²) in [6.45, 7) is 2.18. The standard InChI is InChI=1S/C15H23N3O/c16-10-15(17-11-1-2-11)6-5-12(7-15)18-8-13-3-4-14(9-18)19-13/h11-14,17H,1-9H2. The molecule has 0 aromatic heterocycles. The van der Waals surface area contributed by atoms with Crippen LogP contribution >= 0.6 is 0 Å². The van der Waals surface area contributed by atoms with Crippen LogP contribution in [-0.4, -0.2) is 47.8 Å². The number of morpholine rings is 1. The highest BCUT2D eigenvalue weighted by Gasteiger charge is 2.46. The molecule has 4 nitrogen and oxygen atoms in total. The maximum Gasteiger partial charge on any atom is 0.108 e. The van der Waals surface area contributed by atoms with Crippen molar-refractivity contribution in [3.8, 4) is 6.07 Å². The first kappa shape index (κ1) is 12.1. The number of fused-ring (bicyclic) bond motifs is 2. The Morgan fingerprint density at radius 3 is 2.47 bits per heavy atom. The van der Waals surface area contributed by atoms with Gasteiger partial charge in [-0.25, -0.2) is 0 Å². The highest BCUT2D eigenvalue weighted by molar-refractivity contribution is 5.15. The van der Waals surface area contributed by atoms with Crippen LogP contribution in [0.1, 0.15) is 44.9 Å². The molecule has 2 saturated heterocycles. The van der Waals surface area contributed by atoms with Crippen LogP contribution in [0.25, 0.3) is 0 Å². The van der Waals surface area contributed by atoms with Gasteiger partial charge in [-0.15, -0.1) is 0 Å². The van der Waals surface area contributed by atoms with Crippen LogP contribution in [-0.2, 0) is 4.74 Å². The molecule has 2 heterocycles. The summed E-state index contributed by atoms with van der Waals surface area (Å²) in [4.78, 5) is 2.61. The van der Waals surface area contributed by atoms with E-state index in [0.29, 0.717) is 24.3 Å². The predicted octanol–water partition coefficient (Wildman–Crippen LogP) is 1.42. The molecule has 4 unspecified atom stereocenters. The Kier molecular flexibility index (Phi) is 2.84. The van der Waals surface area contributed by atoms with Gasteiger partial charge in [0.15, 0.2) is 0 Å². The maximum atomic E-state index is 9.57. The van der Waals surface area contributed by atoms with E-state index in [4.69, 9.17) is 4.74 Å². The summed E-state index contributed by atoms with van der Waals surface area (Å²) in [6.07, 6.45) is 9.13. The lowest BCUT2D eigenvalue weighted by Crippen LogP contribution is -2.49. The fourth-order valence-electron chi connectivity index (χ4n) is 4.16. The summed E-state index contributed by atoms with van der Waals surface area (Å²) in [5, 5.41) is 13.2. The van der Waals surface area contributed by atoms with Crippen LogP contribution in [0.4, 0.5) is 0 Å². The largest absolute Gasteiger partial charge is 0.372 e. The van der Waals surface area contributed by atoms with Crippen molar-refractivity contribution >= 4 is 0 Å². The zero-order chi connectivity index (χ0) is 12.9. The van der Waals surface area contributed by atoms with Gasteiger partial charge >= 0.3 is 0 Å². The van der Waals surface area contributed by atoms with E-state index in [-0.39, 0.29) is 5.54 Å². The predicted molar refractivity (Wildman–Crippen MR) is 71.6 cm³/mol. The molecule has 4 heteroatoms. The molecule has 4 fully saturated rings. The number of nitriles is 1. The summed E-state index contributed by atoms with van der Waals surface area (Å²) in [5.74, 6) is 0. The highest BCUT2D eigenvalue weighted by Crippen LogP contribution is 2.38. The van der Waals surface area contributed by atoms with E-state index in [1.165, 1.54) is 32.1 Å². The summed E-state index contributed by atoms with van der Waals surface area (Å²) in [6, 6.07) is 3.81. The fraction of sp³-hybridized carbons (Fsp3) is 0.933. The van der Waals surface area contributed by atoms with Gasteiger partial charge in [0.2, 0.25) is 0 Å². The zero-order valence-corrected chi connectivity index (χ0v) is 11.5. The Morgan fingerprint density at radius 2 is 1.84 bits per heavy atom. The molecule has 4 atom stereocenters. The van der Waals surface area contributed by atoms with Gasteiger partial charge in [0.1, 0.15) is 5.54 Å². The van der Waals surface area contributed by atoms with Gasteiger partial charge in [-0.2, -0.15) is 5.26 Å². The molecule has 2 bridgehead atoms. The minimum absolute atomic E-state index is 0.233. The van der Waals surface area contributed by atoms with E-state index in [1.807, 2.05) is 0 Å². The fourth-order valence-corrected chi connectivity index (χ4v) is 4.16. The van der Waals surface area contributed by atoms with E-state index in [9.17, 15) is 5.26 Å². The Labute approximate surface area is 115 Å². The molecule has 0 aromatic carbocycles. The number of ether oxygens (including phenoxy) is 1. The van der Waals surface area contributed by atoms with Gasteiger partial charge in [-0.3, -0.25) is 10.2 Å². The third kappa shape index (κ3) is 2.29. The molecular formula is C15H23N3O. The van der Waals surface area contributed by atoms with Crippen molar-refractivity contribution < 1.29 is 4.74 Å².